The zero-order valence-corrected chi connectivity index (χ0v) is 24.0. The molecule has 0 saturated carbocycles. The Hall–Kier alpha value is -2.97. The molecule has 0 bridgehead atoms. The summed E-state index contributed by atoms with van der Waals surface area (Å²) in [5.74, 6) is -0.407. The number of likely N-dealkylation sites (N-methyl/N-ethyl adjacent to an activating group) is 2. The first-order valence-electron chi connectivity index (χ1n) is 12.1. The molecule has 0 aliphatic rings. The van der Waals surface area contributed by atoms with Crippen LogP contribution in [0.4, 0.5) is 0 Å². The fraction of sp³-hybridized carbons (Fsp3) is 0.654. The number of carboxylic acid groups (broad SMARTS) is 1. The summed E-state index contributed by atoms with van der Waals surface area (Å²) in [5.41, 5.74) is -1.03. The molecule has 1 aromatic rings. The molecule has 0 aliphatic heterocycles. The molecule has 37 heavy (non-hydrogen) atoms. The number of hydrogen-bond acceptors (Lipinski definition) is 8. The van der Waals surface area contributed by atoms with Gasteiger partial charge >= 0.3 is 11.9 Å². The summed E-state index contributed by atoms with van der Waals surface area (Å²) in [6.45, 7) is 10.5. The Labute approximate surface area is 223 Å². The summed E-state index contributed by atoms with van der Waals surface area (Å²) in [6.07, 6.45) is 5.55. The number of carboxylic acids is 1. The van der Waals surface area contributed by atoms with Gasteiger partial charge in [0.25, 0.3) is 0 Å². The van der Waals surface area contributed by atoms with Crippen molar-refractivity contribution in [3.05, 3.63) is 16.1 Å². The van der Waals surface area contributed by atoms with Crippen LogP contribution in [0.2, 0.25) is 0 Å². The van der Waals surface area contributed by atoms with Gasteiger partial charge in [-0.05, 0) is 40.3 Å². The van der Waals surface area contributed by atoms with Gasteiger partial charge in [0, 0.05) is 37.7 Å². The van der Waals surface area contributed by atoms with E-state index in [-0.39, 0.29) is 29.8 Å². The van der Waals surface area contributed by atoms with Gasteiger partial charge in [0.05, 0.1) is 5.54 Å². The van der Waals surface area contributed by atoms with Crippen LogP contribution >= 0.6 is 11.3 Å². The van der Waals surface area contributed by atoms with Crippen molar-refractivity contribution in [2.45, 2.75) is 78.1 Å². The first kappa shape index (κ1) is 32.1. The predicted molar refractivity (Wildman–Crippen MR) is 142 cm³/mol. The second-order valence-electron chi connectivity index (χ2n) is 10.1. The van der Waals surface area contributed by atoms with Crippen LogP contribution in [0.5, 0.6) is 0 Å². The number of amides is 2. The summed E-state index contributed by atoms with van der Waals surface area (Å²) in [5, 5.41) is 13.8. The van der Waals surface area contributed by atoms with Crippen LogP contribution in [0.25, 0.3) is 0 Å². The van der Waals surface area contributed by atoms with Crippen molar-refractivity contribution in [3.63, 3.8) is 0 Å². The van der Waals surface area contributed by atoms with Gasteiger partial charge in [0.2, 0.25) is 11.8 Å². The molecule has 10 nitrogen and oxygen atoms in total. The van der Waals surface area contributed by atoms with E-state index in [1.807, 2.05) is 20.8 Å². The molecule has 0 radical (unpaired) electrons. The minimum absolute atomic E-state index is 0.0774. The third-order valence-electron chi connectivity index (χ3n) is 6.68. The average Bonchev–Trinajstić information content (AvgIpc) is 3.30. The van der Waals surface area contributed by atoms with E-state index < -0.39 is 41.6 Å². The molecule has 2 amide bonds. The fourth-order valence-electron chi connectivity index (χ4n) is 3.72. The lowest BCUT2D eigenvalue weighted by atomic mass is 9.91. The van der Waals surface area contributed by atoms with Crippen molar-refractivity contribution in [2.75, 3.05) is 21.1 Å². The van der Waals surface area contributed by atoms with Crippen molar-refractivity contribution in [2.24, 2.45) is 11.8 Å². The van der Waals surface area contributed by atoms with Crippen LogP contribution < -0.4 is 5.32 Å². The number of terminal acetylenes is 1. The number of rotatable bonds is 13. The van der Waals surface area contributed by atoms with Gasteiger partial charge in [-0.2, -0.15) is 0 Å². The second kappa shape index (κ2) is 13.5. The highest BCUT2D eigenvalue weighted by Gasteiger charge is 2.39. The molecule has 1 heterocycles. The van der Waals surface area contributed by atoms with Crippen LogP contribution in [0, 0.1) is 24.2 Å². The first-order valence-corrected chi connectivity index (χ1v) is 13.0. The zero-order chi connectivity index (χ0) is 28.7. The van der Waals surface area contributed by atoms with Gasteiger partial charge in [-0.1, -0.05) is 20.8 Å². The quantitative estimate of drug-likeness (QED) is 0.291. The highest BCUT2D eigenvalue weighted by molar-refractivity contribution is 7.09. The molecule has 206 valence electrons. The molecule has 1 rings (SSSR count). The van der Waals surface area contributed by atoms with Gasteiger partial charge in [0.15, 0.2) is 11.8 Å². The highest BCUT2D eigenvalue weighted by Crippen LogP contribution is 2.31. The van der Waals surface area contributed by atoms with Crippen molar-refractivity contribution in [1.82, 2.24) is 20.1 Å². The van der Waals surface area contributed by atoms with Crippen molar-refractivity contribution in [1.29, 1.82) is 0 Å². The topological polar surface area (TPSA) is 129 Å². The summed E-state index contributed by atoms with van der Waals surface area (Å²) in [4.78, 5) is 57.5. The summed E-state index contributed by atoms with van der Waals surface area (Å²) in [6, 6.07) is -1.40. The molecule has 11 heteroatoms. The number of hydrogen-bond donors (Lipinski definition) is 2. The van der Waals surface area contributed by atoms with Crippen molar-refractivity contribution in [3.8, 4) is 12.3 Å². The monoisotopic (exact) mass is 536 g/mol. The van der Waals surface area contributed by atoms with E-state index in [0.29, 0.717) is 11.4 Å². The molecular formula is C26H40N4O6S. The molecule has 0 spiro atoms. The predicted octanol–water partition coefficient (Wildman–Crippen LogP) is 2.80. The minimum atomic E-state index is -1.18. The highest BCUT2D eigenvalue weighted by atomic mass is 32.1. The Morgan fingerprint density at radius 1 is 1.24 bits per heavy atom. The van der Waals surface area contributed by atoms with E-state index in [1.54, 1.807) is 39.9 Å². The number of aromatic carboxylic acids is 1. The molecule has 0 aromatic carbocycles. The van der Waals surface area contributed by atoms with Gasteiger partial charge in [-0.3, -0.25) is 19.3 Å². The minimum Gasteiger partial charge on any atom is -0.476 e. The normalized spacial score (nSPS) is 14.9. The van der Waals surface area contributed by atoms with Crippen LogP contribution in [0.1, 0.15) is 76.0 Å². The Balaban J connectivity index is 3.35. The van der Waals surface area contributed by atoms with Gasteiger partial charge < -0.3 is 20.1 Å². The smallest absolute Gasteiger partial charge is 0.355 e. The largest absolute Gasteiger partial charge is 0.476 e. The number of ether oxygens (including phenoxy) is 1. The van der Waals surface area contributed by atoms with Crippen LogP contribution in [0.15, 0.2) is 5.38 Å². The van der Waals surface area contributed by atoms with E-state index in [1.165, 1.54) is 17.2 Å². The Bertz CT molecular complexity index is 1010. The molecule has 1 aromatic heterocycles. The van der Waals surface area contributed by atoms with E-state index in [4.69, 9.17) is 11.2 Å². The summed E-state index contributed by atoms with van der Waals surface area (Å²) in [7, 11) is 5.18. The Morgan fingerprint density at radius 3 is 2.24 bits per heavy atom. The van der Waals surface area contributed by atoms with E-state index >= 15 is 0 Å². The molecule has 4 atom stereocenters. The SMILES string of the molecule is C#C[C@@H](CC)[C@H](NC(=O)C(C)(C)N(C)C)C(=O)N(C)[C@H](C[C@@H](OC(C)=O)c1nc(C(=O)O)cs1)C(C)C. The third kappa shape index (κ3) is 8.27. The lowest BCUT2D eigenvalue weighted by Gasteiger charge is -2.38. The number of esters is 1. The first-order chi connectivity index (χ1) is 17.1. The molecule has 0 unspecified atom stereocenters. The third-order valence-corrected chi connectivity index (χ3v) is 7.61. The molecule has 0 saturated heterocycles. The summed E-state index contributed by atoms with van der Waals surface area (Å²) < 4.78 is 5.50. The number of nitrogens with one attached hydrogen (secondary N) is 1. The molecule has 0 aliphatic carbocycles. The number of aromatic nitrogens is 1. The van der Waals surface area contributed by atoms with Crippen LogP contribution in [0.3, 0.4) is 0 Å². The summed E-state index contributed by atoms with van der Waals surface area (Å²) >= 11 is 1.07. The molecule has 2 N–H and O–H groups in total. The Morgan fingerprint density at radius 2 is 1.84 bits per heavy atom. The van der Waals surface area contributed by atoms with Gasteiger partial charge in [0.1, 0.15) is 11.0 Å². The lowest BCUT2D eigenvalue weighted by Crippen LogP contribution is -2.60. The maximum atomic E-state index is 13.8. The van der Waals surface area contributed by atoms with E-state index in [2.05, 4.69) is 16.2 Å². The van der Waals surface area contributed by atoms with Crippen molar-refractivity contribution < 1.29 is 29.0 Å². The standard InChI is InChI=1S/C26H40N4O6S/c1-11-17(12-2)21(28-25(35)26(6,7)29(8)9)23(32)30(10)19(15(3)4)13-20(36-16(5)31)22-27-18(14-37-22)24(33)34/h1,14-15,17,19-21H,12-13H2,2-10H3,(H,28,35)(H,33,34)/t17-,19+,20+,21-/m0/s1. The van der Waals surface area contributed by atoms with E-state index in [0.717, 1.165) is 11.3 Å². The molecule has 0 fully saturated rings. The number of carbonyl (C=O) groups is 4. The van der Waals surface area contributed by atoms with Gasteiger partial charge in [-0.15, -0.1) is 23.7 Å². The van der Waals surface area contributed by atoms with E-state index in [9.17, 15) is 24.3 Å². The fourth-order valence-corrected chi connectivity index (χ4v) is 4.55. The van der Waals surface area contributed by atoms with Crippen LogP contribution in [-0.2, 0) is 19.1 Å². The van der Waals surface area contributed by atoms with Crippen LogP contribution in [-0.4, -0.2) is 82.4 Å². The second-order valence-corrected chi connectivity index (χ2v) is 10.9. The van der Waals surface area contributed by atoms with Crippen molar-refractivity contribution >= 4 is 35.1 Å². The average molecular weight is 537 g/mol. The zero-order valence-electron chi connectivity index (χ0n) is 23.2. The van der Waals surface area contributed by atoms with Gasteiger partial charge in [-0.25, -0.2) is 9.78 Å². The number of carbonyl (C=O) groups excluding carboxylic acids is 3. The number of thiazole rings is 1. The number of nitrogens with zero attached hydrogens (tertiary/aromatic N) is 3. The maximum Gasteiger partial charge on any atom is 0.355 e. The Kier molecular flexibility index (Phi) is 11.7. The maximum absolute atomic E-state index is 13.8. The molecular weight excluding hydrogens is 496 g/mol. The lowest BCUT2D eigenvalue weighted by molar-refractivity contribution is -0.149.